The number of rotatable bonds is 7. The van der Waals surface area contributed by atoms with Crippen molar-refractivity contribution in [2.75, 3.05) is 26.2 Å². The zero-order chi connectivity index (χ0) is 21.3. The highest BCUT2D eigenvalue weighted by Gasteiger charge is 2.26. The molecular weight excluding hydrogens is 384 g/mol. The molecule has 0 atom stereocenters. The van der Waals surface area contributed by atoms with Gasteiger partial charge in [-0.05, 0) is 68.7 Å². The second-order valence-electron chi connectivity index (χ2n) is 8.20. The third-order valence-electron chi connectivity index (χ3n) is 6.04. The van der Waals surface area contributed by atoms with Crippen molar-refractivity contribution in [3.8, 4) is 5.75 Å². The molecule has 0 bridgehead atoms. The van der Waals surface area contributed by atoms with E-state index in [-0.39, 0.29) is 12.5 Å². The van der Waals surface area contributed by atoms with Crippen molar-refractivity contribution in [3.05, 3.63) is 29.8 Å². The maximum absolute atomic E-state index is 12.5. The van der Waals surface area contributed by atoms with E-state index in [1.54, 1.807) is 31.2 Å². The van der Waals surface area contributed by atoms with Crippen LogP contribution in [0.25, 0.3) is 0 Å². The van der Waals surface area contributed by atoms with Crippen LogP contribution in [0.2, 0.25) is 0 Å². The van der Waals surface area contributed by atoms with Gasteiger partial charge in [-0.2, -0.15) is 0 Å². The number of nitrogens with one attached hydrogen (secondary N) is 1. The second-order valence-corrected chi connectivity index (χ2v) is 8.20. The number of hydrogen-bond donors (Lipinski definition) is 1. The zero-order valence-electron chi connectivity index (χ0n) is 17.7. The van der Waals surface area contributed by atoms with Gasteiger partial charge in [-0.1, -0.05) is 12.8 Å². The van der Waals surface area contributed by atoms with Crippen LogP contribution in [-0.2, 0) is 9.53 Å². The minimum Gasteiger partial charge on any atom is -0.434 e. The summed E-state index contributed by atoms with van der Waals surface area (Å²) in [5, 5.41) is 2.98. The molecule has 164 valence electrons. The Morgan fingerprint density at radius 2 is 1.67 bits per heavy atom. The first-order valence-corrected chi connectivity index (χ1v) is 11.1. The van der Waals surface area contributed by atoms with E-state index in [1.807, 2.05) is 4.90 Å². The predicted molar refractivity (Wildman–Crippen MR) is 112 cm³/mol. The van der Waals surface area contributed by atoms with Gasteiger partial charge in [0.05, 0.1) is 6.61 Å². The van der Waals surface area contributed by atoms with E-state index >= 15 is 0 Å². The van der Waals surface area contributed by atoms with Crippen LogP contribution < -0.4 is 10.1 Å². The van der Waals surface area contributed by atoms with E-state index in [0.29, 0.717) is 42.0 Å². The molecule has 1 aliphatic heterocycles. The van der Waals surface area contributed by atoms with Crippen LogP contribution in [0.1, 0.15) is 62.2 Å². The van der Waals surface area contributed by atoms with Gasteiger partial charge in [-0.3, -0.25) is 9.59 Å². The fourth-order valence-electron chi connectivity index (χ4n) is 4.23. The van der Waals surface area contributed by atoms with Crippen LogP contribution in [0.3, 0.4) is 0 Å². The summed E-state index contributed by atoms with van der Waals surface area (Å²) in [6, 6.07) is 6.38. The minimum absolute atomic E-state index is 0.155. The Kier molecular flexibility index (Phi) is 8.11. The summed E-state index contributed by atoms with van der Waals surface area (Å²) in [5.74, 6) is 1.45. The summed E-state index contributed by atoms with van der Waals surface area (Å²) in [4.78, 5) is 38.2. The maximum atomic E-state index is 12.5. The molecule has 1 aromatic rings. The lowest BCUT2D eigenvalue weighted by Gasteiger charge is -2.32. The molecule has 2 amide bonds. The van der Waals surface area contributed by atoms with Gasteiger partial charge in [0.2, 0.25) is 5.91 Å². The number of hydrogen-bond acceptors (Lipinski definition) is 5. The van der Waals surface area contributed by atoms with Crippen LogP contribution in [0.5, 0.6) is 5.75 Å². The van der Waals surface area contributed by atoms with E-state index in [2.05, 4.69) is 5.32 Å². The Labute approximate surface area is 178 Å². The van der Waals surface area contributed by atoms with Crippen LogP contribution >= 0.6 is 0 Å². The van der Waals surface area contributed by atoms with Crippen LogP contribution in [-0.4, -0.2) is 49.1 Å². The van der Waals surface area contributed by atoms with Gasteiger partial charge in [-0.15, -0.1) is 0 Å². The maximum Gasteiger partial charge on any atom is 0.513 e. The summed E-state index contributed by atoms with van der Waals surface area (Å²) < 4.78 is 9.71. The first-order chi connectivity index (χ1) is 14.5. The zero-order valence-corrected chi connectivity index (χ0v) is 17.7. The molecule has 7 heteroatoms. The third kappa shape index (κ3) is 6.47. The highest BCUT2D eigenvalue weighted by atomic mass is 16.7. The van der Waals surface area contributed by atoms with Gasteiger partial charge in [0.1, 0.15) is 5.75 Å². The van der Waals surface area contributed by atoms with Crippen LogP contribution in [0, 0.1) is 11.8 Å². The molecule has 30 heavy (non-hydrogen) atoms. The number of nitrogens with zero attached hydrogens (tertiary/aromatic N) is 1. The molecule has 1 saturated carbocycles. The van der Waals surface area contributed by atoms with Gasteiger partial charge in [0.15, 0.2) is 0 Å². The fourth-order valence-corrected chi connectivity index (χ4v) is 4.23. The van der Waals surface area contributed by atoms with Crippen molar-refractivity contribution >= 4 is 18.0 Å². The molecule has 7 nitrogen and oxygen atoms in total. The first-order valence-electron chi connectivity index (χ1n) is 11.1. The molecule has 0 aromatic heterocycles. The lowest BCUT2D eigenvalue weighted by molar-refractivity contribution is -0.133. The summed E-state index contributed by atoms with van der Waals surface area (Å²) in [7, 11) is 0. The van der Waals surface area contributed by atoms with Crippen molar-refractivity contribution < 1.29 is 23.9 Å². The van der Waals surface area contributed by atoms with Crippen LogP contribution in [0.4, 0.5) is 4.79 Å². The lowest BCUT2D eigenvalue weighted by atomic mass is 9.95. The molecule has 1 aliphatic carbocycles. The number of carbonyl (C=O) groups is 3. The van der Waals surface area contributed by atoms with Gasteiger partial charge in [0, 0.05) is 31.6 Å². The molecular formula is C23H32N2O5. The molecule has 1 aromatic carbocycles. The summed E-state index contributed by atoms with van der Waals surface area (Å²) in [6.45, 7) is 4.11. The fraction of sp³-hybridized carbons (Fsp3) is 0.609. The topological polar surface area (TPSA) is 84.9 Å². The van der Waals surface area contributed by atoms with E-state index < -0.39 is 6.16 Å². The van der Waals surface area contributed by atoms with Gasteiger partial charge < -0.3 is 19.7 Å². The monoisotopic (exact) mass is 416 g/mol. The molecule has 1 heterocycles. The van der Waals surface area contributed by atoms with E-state index in [1.165, 1.54) is 25.7 Å². The van der Waals surface area contributed by atoms with Gasteiger partial charge in [-0.25, -0.2) is 4.79 Å². The molecule has 1 saturated heterocycles. The summed E-state index contributed by atoms with van der Waals surface area (Å²) in [6.07, 6.45) is 6.71. The van der Waals surface area contributed by atoms with Gasteiger partial charge in [0.25, 0.3) is 5.91 Å². The number of carbonyl (C=O) groups excluding carboxylic acids is 3. The lowest BCUT2D eigenvalue weighted by Crippen LogP contribution is -2.42. The number of amides is 2. The number of piperidine rings is 1. The Balaban J connectivity index is 1.37. The van der Waals surface area contributed by atoms with Crippen molar-refractivity contribution in [2.24, 2.45) is 11.8 Å². The Morgan fingerprint density at radius 1 is 1.00 bits per heavy atom. The normalized spacial score (nSPS) is 17.6. The Hall–Kier alpha value is -2.57. The van der Waals surface area contributed by atoms with Crippen molar-refractivity contribution in [2.45, 2.75) is 51.9 Å². The smallest absolute Gasteiger partial charge is 0.434 e. The molecule has 2 aliphatic rings. The highest BCUT2D eigenvalue weighted by molar-refractivity contribution is 5.94. The van der Waals surface area contributed by atoms with E-state index in [4.69, 9.17) is 9.47 Å². The first kappa shape index (κ1) is 22.1. The molecule has 0 spiro atoms. The quantitative estimate of drug-likeness (QED) is 0.540. The molecule has 0 unspecified atom stereocenters. The Morgan fingerprint density at radius 3 is 2.30 bits per heavy atom. The molecule has 3 rings (SSSR count). The number of ether oxygens (including phenoxy) is 2. The third-order valence-corrected chi connectivity index (χ3v) is 6.04. The minimum atomic E-state index is -0.761. The highest BCUT2D eigenvalue weighted by Crippen LogP contribution is 2.29. The average Bonchev–Trinajstić information content (AvgIpc) is 3.26. The number of benzene rings is 1. The van der Waals surface area contributed by atoms with Crippen molar-refractivity contribution in [1.29, 1.82) is 0 Å². The summed E-state index contributed by atoms with van der Waals surface area (Å²) in [5.41, 5.74) is 0.510. The average molecular weight is 417 g/mol. The largest absolute Gasteiger partial charge is 0.513 e. The van der Waals surface area contributed by atoms with E-state index in [9.17, 15) is 14.4 Å². The van der Waals surface area contributed by atoms with Crippen molar-refractivity contribution in [3.63, 3.8) is 0 Å². The Bertz CT molecular complexity index is 720. The number of likely N-dealkylation sites (tertiary alicyclic amines) is 1. The molecule has 0 radical (unpaired) electrons. The molecule has 2 fully saturated rings. The second kappa shape index (κ2) is 11.0. The standard InChI is InChI=1S/C23H32N2O5/c1-2-29-23(28)30-20-9-7-19(8-10-20)22(27)24-16-18-11-13-25(14-12-18)21(26)15-17-5-3-4-6-17/h7-10,17-18H,2-6,11-16H2,1H3,(H,24,27). The predicted octanol–water partition coefficient (Wildman–Crippen LogP) is 3.77. The molecule has 1 N–H and O–H groups in total. The van der Waals surface area contributed by atoms with Gasteiger partial charge >= 0.3 is 6.16 Å². The summed E-state index contributed by atoms with van der Waals surface area (Å²) >= 11 is 0. The van der Waals surface area contributed by atoms with Crippen molar-refractivity contribution in [1.82, 2.24) is 10.2 Å². The van der Waals surface area contributed by atoms with Crippen LogP contribution in [0.15, 0.2) is 24.3 Å². The van der Waals surface area contributed by atoms with E-state index in [0.717, 1.165) is 25.9 Å². The SMILES string of the molecule is CCOC(=O)Oc1ccc(C(=O)NCC2CCN(C(=O)CC3CCCC3)CC2)cc1.